The van der Waals surface area contributed by atoms with Crippen molar-refractivity contribution in [2.75, 3.05) is 18.5 Å². The number of nitrogens with one attached hydrogen (secondary N) is 1. The molecule has 3 rings (SSSR count). The molecule has 0 bridgehead atoms. The van der Waals surface area contributed by atoms with Crippen molar-refractivity contribution in [3.63, 3.8) is 0 Å². The Morgan fingerprint density at radius 1 is 1.24 bits per heavy atom. The van der Waals surface area contributed by atoms with E-state index in [1.165, 1.54) is 0 Å². The van der Waals surface area contributed by atoms with Gasteiger partial charge in [0.25, 0.3) is 0 Å². The van der Waals surface area contributed by atoms with E-state index in [9.17, 15) is 0 Å². The molecule has 5 heteroatoms. The van der Waals surface area contributed by atoms with Crippen LogP contribution >= 0.6 is 27.5 Å². The van der Waals surface area contributed by atoms with E-state index in [4.69, 9.17) is 21.1 Å². The highest BCUT2D eigenvalue weighted by Crippen LogP contribution is 2.38. The second-order valence-electron chi connectivity index (χ2n) is 4.87. The Balaban J connectivity index is 1.79. The molecule has 0 radical (unpaired) electrons. The molecule has 110 valence electrons. The van der Waals surface area contributed by atoms with Gasteiger partial charge in [0.05, 0.1) is 4.47 Å². The van der Waals surface area contributed by atoms with Crippen molar-refractivity contribution in [1.82, 2.24) is 0 Å². The topological polar surface area (TPSA) is 30.5 Å². The minimum atomic E-state index is 0.587. The van der Waals surface area contributed by atoms with E-state index in [1.54, 1.807) is 0 Å². The number of hydrogen-bond donors (Lipinski definition) is 1. The molecular formula is C16H15BrClNO2. The molecule has 1 aliphatic heterocycles. The molecule has 0 amide bonds. The van der Waals surface area contributed by atoms with Gasteiger partial charge in [-0.25, -0.2) is 0 Å². The van der Waals surface area contributed by atoms with Crippen LogP contribution in [0.2, 0.25) is 5.02 Å². The Morgan fingerprint density at radius 2 is 2.05 bits per heavy atom. The van der Waals surface area contributed by atoms with Crippen LogP contribution in [0.5, 0.6) is 11.5 Å². The minimum absolute atomic E-state index is 0.587. The highest BCUT2D eigenvalue weighted by molar-refractivity contribution is 9.10. The highest BCUT2D eigenvalue weighted by Gasteiger charge is 2.16. The van der Waals surface area contributed by atoms with Crippen molar-refractivity contribution in [2.45, 2.75) is 13.5 Å². The summed E-state index contributed by atoms with van der Waals surface area (Å²) < 4.78 is 12.1. The van der Waals surface area contributed by atoms with Crippen molar-refractivity contribution in [3.8, 4) is 11.5 Å². The summed E-state index contributed by atoms with van der Waals surface area (Å²) in [4.78, 5) is 0. The first kappa shape index (κ1) is 14.5. The van der Waals surface area contributed by atoms with Crippen LogP contribution in [-0.2, 0) is 6.54 Å². The van der Waals surface area contributed by atoms with Gasteiger partial charge >= 0.3 is 0 Å². The molecule has 0 saturated heterocycles. The summed E-state index contributed by atoms with van der Waals surface area (Å²) in [5.41, 5.74) is 3.20. The lowest BCUT2D eigenvalue weighted by Crippen LogP contribution is -2.16. The summed E-state index contributed by atoms with van der Waals surface area (Å²) in [6, 6.07) is 9.90. The molecule has 1 heterocycles. The maximum absolute atomic E-state index is 6.13. The molecule has 3 nitrogen and oxygen atoms in total. The van der Waals surface area contributed by atoms with Crippen LogP contribution in [0.25, 0.3) is 0 Å². The van der Waals surface area contributed by atoms with Crippen molar-refractivity contribution in [3.05, 3.63) is 51.0 Å². The molecular weight excluding hydrogens is 354 g/mol. The number of hydrogen-bond acceptors (Lipinski definition) is 3. The lowest BCUT2D eigenvalue weighted by Gasteiger charge is -2.20. The zero-order valence-electron chi connectivity index (χ0n) is 11.6. The number of ether oxygens (including phenoxy) is 2. The number of benzene rings is 2. The fourth-order valence-corrected chi connectivity index (χ4v) is 3.04. The predicted octanol–water partition coefficient (Wildman–Crippen LogP) is 4.79. The quantitative estimate of drug-likeness (QED) is 0.844. The van der Waals surface area contributed by atoms with E-state index in [-0.39, 0.29) is 0 Å². The van der Waals surface area contributed by atoms with E-state index < -0.39 is 0 Å². The molecule has 0 unspecified atom stereocenters. The first-order valence-corrected chi connectivity index (χ1v) is 7.89. The molecule has 0 saturated carbocycles. The standard InChI is InChI=1S/C16H15BrClNO2/c1-10-13(18)3-2-4-14(10)19-9-11-7-12(17)16-15(8-11)20-5-6-21-16/h2-4,7-8,19H,5-6,9H2,1H3. The molecule has 21 heavy (non-hydrogen) atoms. The predicted molar refractivity (Wildman–Crippen MR) is 88.6 cm³/mol. The molecule has 0 spiro atoms. The Hall–Kier alpha value is -1.39. The van der Waals surface area contributed by atoms with Gasteiger partial charge in [-0.2, -0.15) is 0 Å². The van der Waals surface area contributed by atoms with Crippen molar-refractivity contribution >= 4 is 33.2 Å². The van der Waals surface area contributed by atoms with Gasteiger partial charge in [0, 0.05) is 17.3 Å². The van der Waals surface area contributed by atoms with Crippen molar-refractivity contribution < 1.29 is 9.47 Å². The molecule has 0 aliphatic carbocycles. The second-order valence-corrected chi connectivity index (χ2v) is 6.13. The van der Waals surface area contributed by atoms with Crippen molar-refractivity contribution in [1.29, 1.82) is 0 Å². The second kappa shape index (κ2) is 6.16. The third-order valence-electron chi connectivity index (χ3n) is 3.41. The van der Waals surface area contributed by atoms with Gasteiger partial charge in [0.2, 0.25) is 0 Å². The largest absolute Gasteiger partial charge is 0.486 e. The summed E-state index contributed by atoms with van der Waals surface area (Å²) in [6.45, 7) is 3.87. The number of rotatable bonds is 3. The van der Waals surface area contributed by atoms with E-state index in [1.807, 2.05) is 37.3 Å². The van der Waals surface area contributed by atoms with Crippen molar-refractivity contribution in [2.24, 2.45) is 0 Å². The fraction of sp³-hybridized carbons (Fsp3) is 0.250. The molecule has 1 aliphatic rings. The maximum Gasteiger partial charge on any atom is 0.175 e. The summed E-state index contributed by atoms with van der Waals surface area (Å²) in [5.74, 6) is 1.57. The van der Waals surface area contributed by atoms with Gasteiger partial charge in [-0.3, -0.25) is 0 Å². The molecule has 1 N–H and O–H groups in total. The van der Waals surface area contributed by atoms with Gasteiger partial charge in [-0.1, -0.05) is 17.7 Å². The van der Waals surface area contributed by atoms with Crippen LogP contribution in [0, 0.1) is 6.92 Å². The molecule has 0 fully saturated rings. The third-order valence-corrected chi connectivity index (χ3v) is 4.41. The Morgan fingerprint density at radius 3 is 2.90 bits per heavy atom. The molecule has 2 aromatic rings. The minimum Gasteiger partial charge on any atom is -0.486 e. The average molecular weight is 369 g/mol. The number of halogens is 2. The zero-order chi connectivity index (χ0) is 14.8. The fourth-order valence-electron chi connectivity index (χ4n) is 2.26. The SMILES string of the molecule is Cc1c(Cl)cccc1NCc1cc(Br)c2c(c1)OCCO2. The van der Waals surface area contributed by atoms with Crippen LogP contribution in [0.15, 0.2) is 34.8 Å². The van der Waals surface area contributed by atoms with Gasteiger partial charge in [-0.15, -0.1) is 0 Å². The lowest BCUT2D eigenvalue weighted by atomic mass is 10.1. The van der Waals surface area contributed by atoms with Crippen LogP contribution in [0.3, 0.4) is 0 Å². The van der Waals surface area contributed by atoms with Gasteiger partial charge in [-0.05, 0) is 58.2 Å². The molecule has 0 aromatic heterocycles. The van der Waals surface area contributed by atoms with Gasteiger partial charge < -0.3 is 14.8 Å². The highest BCUT2D eigenvalue weighted by atomic mass is 79.9. The van der Waals surface area contributed by atoms with Crippen LogP contribution < -0.4 is 14.8 Å². The van der Waals surface area contributed by atoms with E-state index in [0.717, 1.165) is 37.8 Å². The third kappa shape index (κ3) is 3.11. The molecule has 0 atom stereocenters. The van der Waals surface area contributed by atoms with E-state index in [2.05, 4.69) is 21.2 Å². The van der Waals surface area contributed by atoms with Gasteiger partial charge in [0.15, 0.2) is 11.5 Å². The number of fused-ring (bicyclic) bond motifs is 1. The summed E-state index contributed by atoms with van der Waals surface area (Å²) >= 11 is 9.66. The van der Waals surface area contributed by atoms with Crippen LogP contribution in [0.4, 0.5) is 5.69 Å². The Bertz CT molecular complexity index is 676. The monoisotopic (exact) mass is 367 g/mol. The number of anilines is 1. The van der Waals surface area contributed by atoms with E-state index >= 15 is 0 Å². The molecule has 2 aromatic carbocycles. The first-order valence-electron chi connectivity index (χ1n) is 6.72. The van der Waals surface area contributed by atoms with E-state index in [0.29, 0.717) is 19.8 Å². The normalized spacial score (nSPS) is 13.1. The van der Waals surface area contributed by atoms with Gasteiger partial charge in [0.1, 0.15) is 13.2 Å². The average Bonchev–Trinajstić information content (AvgIpc) is 2.49. The lowest BCUT2D eigenvalue weighted by molar-refractivity contribution is 0.170. The summed E-state index contributed by atoms with van der Waals surface area (Å²) in [6.07, 6.45) is 0. The maximum atomic E-state index is 6.13. The summed E-state index contributed by atoms with van der Waals surface area (Å²) in [5, 5.41) is 4.17. The summed E-state index contributed by atoms with van der Waals surface area (Å²) in [7, 11) is 0. The van der Waals surface area contributed by atoms with Crippen LogP contribution in [0.1, 0.15) is 11.1 Å². The zero-order valence-corrected chi connectivity index (χ0v) is 13.9. The smallest absolute Gasteiger partial charge is 0.175 e. The Labute approximate surface area is 137 Å². The van der Waals surface area contributed by atoms with Crippen LogP contribution in [-0.4, -0.2) is 13.2 Å². The first-order chi connectivity index (χ1) is 10.1. The Kier molecular flexibility index (Phi) is 4.27.